The van der Waals surface area contributed by atoms with Gasteiger partial charge in [-0.15, -0.1) is 0 Å². The average molecular weight is 450 g/mol. The van der Waals surface area contributed by atoms with Gasteiger partial charge in [0, 0.05) is 35.2 Å². The van der Waals surface area contributed by atoms with Crippen LogP contribution in [0.15, 0.2) is 73.1 Å². The van der Waals surface area contributed by atoms with Crippen molar-refractivity contribution in [1.82, 2.24) is 9.88 Å². The fourth-order valence-corrected chi connectivity index (χ4v) is 4.15. The number of aromatic nitrogens is 1. The first kappa shape index (κ1) is 22.2. The van der Waals surface area contributed by atoms with Gasteiger partial charge in [-0.2, -0.15) is 0 Å². The van der Waals surface area contributed by atoms with Crippen LogP contribution in [0, 0.1) is 5.82 Å². The van der Waals surface area contributed by atoms with Crippen molar-refractivity contribution in [1.29, 1.82) is 0 Å². The molecule has 0 bridgehead atoms. The first-order chi connectivity index (χ1) is 15.6. The van der Waals surface area contributed by atoms with E-state index in [1.165, 1.54) is 6.07 Å². The lowest BCUT2D eigenvalue weighted by Gasteiger charge is -2.32. The topological polar surface area (TPSA) is 45.2 Å². The zero-order valence-corrected chi connectivity index (χ0v) is 18.4. The molecule has 2 heterocycles. The van der Waals surface area contributed by atoms with Gasteiger partial charge in [0.05, 0.1) is 0 Å². The lowest BCUT2D eigenvalue weighted by atomic mass is 9.88. The van der Waals surface area contributed by atoms with Crippen molar-refractivity contribution in [3.05, 3.63) is 101 Å². The summed E-state index contributed by atoms with van der Waals surface area (Å²) in [6, 6.07) is 15.7. The Morgan fingerprint density at radius 1 is 1.09 bits per heavy atom. The Hall–Kier alpha value is -3.02. The number of carbonyl (C=O) groups is 1. The third kappa shape index (κ3) is 5.81. The molecule has 0 unspecified atom stereocenters. The number of hydrogen-bond acceptors (Lipinski definition) is 3. The predicted molar refractivity (Wildman–Crippen MR) is 127 cm³/mol. The monoisotopic (exact) mass is 449 g/mol. The van der Waals surface area contributed by atoms with Crippen LogP contribution in [0.25, 0.3) is 6.08 Å². The number of likely N-dealkylation sites (tertiary alicyclic amines) is 1. The lowest BCUT2D eigenvalue weighted by Crippen LogP contribution is -2.33. The van der Waals surface area contributed by atoms with Crippen molar-refractivity contribution in [2.24, 2.45) is 0 Å². The Bertz CT molecular complexity index is 1080. The SMILES string of the molecule is O=C(Nc1ccc(F)cc1C1CCN(C/C=C/c2ccc(Cl)cc2)CC1)c1ccncc1. The fourth-order valence-electron chi connectivity index (χ4n) is 4.02. The van der Waals surface area contributed by atoms with Gasteiger partial charge in [-0.25, -0.2) is 4.39 Å². The molecule has 0 spiro atoms. The van der Waals surface area contributed by atoms with E-state index in [1.807, 2.05) is 24.3 Å². The predicted octanol–water partition coefficient (Wildman–Crippen LogP) is 6.02. The van der Waals surface area contributed by atoms with Gasteiger partial charge in [-0.3, -0.25) is 14.7 Å². The molecule has 1 saturated heterocycles. The van der Waals surface area contributed by atoms with Crippen LogP contribution in [0.5, 0.6) is 0 Å². The molecule has 4 nitrogen and oxygen atoms in total. The zero-order valence-electron chi connectivity index (χ0n) is 17.7. The normalized spacial score (nSPS) is 15.2. The van der Waals surface area contributed by atoms with Crippen LogP contribution in [-0.2, 0) is 0 Å². The number of benzene rings is 2. The van der Waals surface area contributed by atoms with Gasteiger partial charge in [0.1, 0.15) is 5.82 Å². The van der Waals surface area contributed by atoms with Crippen LogP contribution < -0.4 is 5.32 Å². The summed E-state index contributed by atoms with van der Waals surface area (Å²) in [5.41, 5.74) is 3.19. The molecule has 164 valence electrons. The summed E-state index contributed by atoms with van der Waals surface area (Å²) in [5, 5.41) is 3.69. The molecule has 2 aromatic carbocycles. The number of pyridine rings is 1. The van der Waals surface area contributed by atoms with E-state index in [9.17, 15) is 9.18 Å². The van der Waals surface area contributed by atoms with Crippen LogP contribution >= 0.6 is 11.6 Å². The van der Waals surface area contributed by atoms with Crippen LogP contribution in [-0.4, -0.2) is 35.4 Å². The molecule has 3 aromatic rings. The number of amides is 1. The highest BCUT2D eigenvalue weighted by molar-refractivity contribution is 6.30. The Morgan fingerprint density at radius 3 is 2.53 bits per heavy atom. The Balaban J connectivity index is 1.37. The van der Waals surface area contributed by atoms with Gasteiger partial charge in [0.25, 0.3) is 5.91 Å². The minimum Gasteiger partial charge on any atom is -0.322 e. The van der Waals surface area contributed by atoms with Gasteiger partial charge < -0.3 is 5.32 Å². The van der Waals surface area contributed by atoms with E-state index in [-0.39, 0.29) is 17.6 Å². The van der Waals surface area contributed by atoms with E-state index in [2.05, 4.69) is 27.4 Å². The molecule has 1 fully saturated rings. The number of rotatable bonds is 6. The number of nitrogens with zero attached hydrogens (tertiary/aromatic N) is 2. The summed E-state index contributed by atoms with van der Waals surface area (Å²) < 4.78 is 14.0. The van der Waals surface area contributed by atoms with E-state index in [4.69, 9.17) is 11.6 Å². The number of carbonyl (C=O) groups excluding carboxylic acids is 1. The highest BCUT2D eigenvalue weighted by atomic mass is 35.5. The standard InChI is InChI=1S/C26H25ClFN3O/c27-22-5-3-19(4-6-22)2-1-15-31-16-11-20(12-17-31)24-18-23(28)7-8-25(24)30-26(32)21-9-13-29-14-10-21/h1-10,13-14,18,20H,11-12,15-17H2,(H,30,32)/b2-1+. The minimum atomic E-state index is -0.282. The van der Waals surface area contributed by atoms with Crippen molar-refractivity contribution in [3.8, 4) is 0 Å². The highest BCUT2D eigenvalue weighted by Crippen LogP contribution is 2.34. The Labute approximate surface area is 192 Å². The average Bonchev–Trinajstić information content (AvgIpc) is 2.82. The third-order valence-electron chi connectivity index (χ3n) is 5.78. The van der Waals surface area contributed by atoms with Crippen molar-refractivity contribution < 1.29 is 9.18 Å². The summed E-state index contributed by atoms with van der Waals surface area (Å²) in [4.78, 5) is 18.9. The molecule has 1 amide bonds. The second-order valence-corrected chi connectivity index (χ2v) is 8.39. The summed E-state index contributed by atoms with van der Waals surface area (Å²) in [6.07, 6.45) is 9.25. The maximum atomic E-state index is 14.0. The lowest BCUT2D eigenvalue weighted by molar-refractivity contribution is 0.102. The van der Waals surface area contributed by atoms with Gasteiger partial charge in [0.2, 0.25) is 0 Å². The van der Waals surface area contributed by atoms with Crippen LogP contribution in [0.2, 0.25) is 5.02 Å². The van der Waals surface area contributed by atoms with E-state index < -0.39 is 0 Å². The molecule has 32 heavy (non-hydrogen) atoms. The molecule has 0 aliphatic carbocycles. The smallest absolute Gasteiger partial charge is 0.255 e. The van der Waals surface area contributed by atoms with Gasteiger partial charge in [-0.1, -0.05) is 35.9 Å². The summed E-state index contributed by atoms with van der Waals surface area (Å²) >= 11 is 5.93. The molecule has 4 rings (SSSR count). The molecule has 0 saturated carbocycles. The van der Waals surface area contributed by atoms with Gasteiger partial charge in [-0.05, 0) is 85.4 Å². The molecule has 1 aliphatic heterocycles. The zero-order chi connectivity index (χ0) is 22.3. The molecule has 1 aromatic heterocycles. The third-order valence-corrected chi connectivity index (χ3v) is 6.03. The van der Waals surface area contributed by atoms with Crippen molar-refractivity contribution >= 4 is 29.3 Å². The highest BCUT2D eigenvalue weighted by Gasteiger charge is 2.23. The van der Waals surface area contributed by atoms with E-state index in [1.54, 1.807) is 36.7 Å². The van der Waals surface area contributed by atoms with Gasteiger partial charge in [0.15, 0.2) is 0 Å². The summed E-state index contributed by atoms with van der Waals surface area (Å²) in [5.74, 6) is -0.296. The molecular weight excluding hydrogens is 425 g/mol. The fraction of sp³-hybridized carbons (Fsp3) is 0.231. The molecule has 1 aliphatic rings. The van der Waals surface area contributed by atoms with E-state index >= 15 is 0 Å². The molecule has 0 radical (unpaired) electrons. The number of nitrogens with one attached hydrogen (secondary N) is 1. The minimum absolute atomic E-state index is 0.204. The Kier molecular flexibility index (Phi) is 7.30. The second-order valence-electron chi connectivity index (χ2n) is 7.95. The number of halogens is 2. The molecule has 6 heteroatoms. The Morgan fingerprint density at radius 2 is 1.81 bits per heavy atom. The quantitative estimate of drug-likeness (QED) is 0.500. The van der Waals surface area contributed by atoms with Gasteiger partial charge >= 0.3 is 0 Å². The summed E-state index contributed by atoms with van der Waals surface area (Å²) in [7, 11) is 0. The van der Waals surface area contributed by atoms with Crippen molar-refractivity contribution in [2.75, 3.05) is 25.0 Å². The molecule has 0 atom stereocenters. The molecule has 1 N–H and O–H groups in total. The maximum Gasteiger partial charge on any atom is 0.255 e. The number of hydrogen-bond donors (Lipinski definition) is 1. The van der Waals surface area contributed by atoms with Crippen LogP contribution in [0.1, 0.15) is 40.2 Å². The van der Waals surface area contributed by atoms with E-state index in [0.29, 0.717) is 11.3 Å². The van der Waals surface area contributed by atoms with E-state index in [0.717, 1.165) is 48.6 Å². The summed E-state index contributed by atoms with van der Waals surface area (Å²) in [6.45, 7) is 2.71. The first-order valence-corrected chi connectivity index (χ1v) is 11.1. The van der Waals surface area contributed by atoms with Crippen molar-refractivity contribution in [2.45, 2.75) is 18.8 Å². The molecular formula is C26H25ClFN3O. The van der Waals surface area contributed by atoms with Crippen LogP contribution in [0.3, 0.4) is 0 Å². The van der Waals surface area contributed by atoms with Crippen LogP contribution in [0.4, 0.5) is 10.1 Å². The number of anilines is 1. The maximum absolute atomic E-state index is 14.0. The van der Waals surface area contributed by atoms with Crippen molar-refractivity contribution in [3.63, 3.8) is 0 Å². The second kappa shape index (κ2) is 10.5. The first-order valence-electron chi connectivity index (χ1n) is 10.7. The largest absolute Gasteiger partial charge is 0.322 e. The number of piperidine rings is 1.